The second kappa shape index (κ2) is 6.39. The third kappa shape index (κ3) is 4.37. The predicted octanol–water partition coefficient (Wildman–Crippen LogP) is 0.985. The van der Waals surface area contributed by atoms with Crippen molar-refractivity contribution in [2.24, 2.45) is 0 Å². The molecule has 2 unspecified atom stereocenters. The molecule has 0 heterocycles. The Hall–Kier alpha value is -1.56. The maximum atomic E-state index is 11.8. The van der Waals surface area contributed by atoms with E-state index < -0.39 is 16.7 Å². The fourth-order valence-electron chi connectivity index (χ4n) is 1.42. The summed E-state index contributed by atoms with van der Waals surface area (Å²) in [5.74, 6) is -0.220. The molecule has 1 rings (SSSR count). The molecule has 0 saturated heterocycles. The van der Waals surface area contributed by atoms with Gasteiger partial charge in [0.05, 0.1) is 5.56 Å². The molecule has 2 atom stereocenters. The lowest BCUT2D eigenvalue weighted by atomic mass is 10.1. The zero-order chi connectivity index (χ0) is 13.7. The van der Waals surface area contributed by atoms with Crippen LogP contribution < -0.4 is 5.32 Å². The maximum Gasteiger partial charge on any atom is 0.255 e. The Bertz CT molecular complexity index is 461. The summed E-state index contributed by atoms with van der Waals surface area (Å²) in [6.07, 6.45) is 2.20. The Labute approximate surface area is 108 Å². The van der Waals surface area contributed by atoms with E-state index in [-0.39, 0.29) is 23.1 Å². The van der Waals surface area contributed by atoms with Crippen LogP contribution in [0.15, 0.2) is 18.2 Å². The van der Waals surface area contributed by atoms with E-state index in [1.807, 2.05) is 0 Å². The van der Waals surface area contributed by atoms with Crippen LogP contribution in [0.3, 0.4) is 0 Å². The maximum absolute atomic E-state index is 11.8. The van der Waals surface area contributed by atoms with Gasteiger partial charge in [-0.2, -0.15) is 0 Å². The Morgan fingerprint density at radius 2 is 2.11 bits per heavy atom. The summed E-state index contributed by atoms with van der Waals surface area (Å²) in [5.41, 5.74) is 0.0273. The van der Waals surface area contributed by atoms with Crippen molar-refractivity contribution in [2.75, 3.05) is 12.0 Å². The topological polar surface area (TPSA) is 86.6 Å². The lowest BCUT2D eigenvalue weighted by Crippen LogP contribution is -2.33. The summed E-state index contributed by atoms with van der Waals surface area (Å²) in [7, 11) is -0.894. The summed E-state index contributed by atoms with van der Waals surface area (Å²) in [6.45, 7) is 1.80. The smallest absolute Gasteiger partial charge is 0.255 e. The van der Waals surface area contributed by atoms with E-state index in [2.05, 4.69) is 5.32 Å². The molecule has 0 aliphatic carbocycles. The average molecular weight is 271 g/mol. The molecule has 1 aromatic rings. The number of benzene rings is 1. The van der Waals surface area contributed by atoms with Crippen LogP contribution in [-0.4, -0.2) is 38.4 Å². The number of aromatic hydroxyl groups is 2. The van der Waals surface area contributed by atoms with E-state index in [9.17, 15) is 19.2 Å². The fourth-order valence-corrected chi connectivity index (χ4v) is 2.11. The summed E-state index contributed by atoms with van der Waals surface area (Å²) in [4.78, 5) is 11.8. The molecule has 3 N–H and O–H groups in total. The fraction of sp³-hybridized carbons (Fsp3) is 0.417. The third-order valence-electron chi connectivity index (χ3n) is 2.44. The third-order valence-corrected chi connectivity index (χ3v) is 3.25. The monoisotopic (exact) mass is 271 g/mol. The van der Waals surface area contributed by atoms with E-state index in [0.29, 0.717) is 12.2 Å². The summed E-state index contributed by atoms with van der Waals surface area (Å²) >= 11 is 0. The van der Waals surface area contributed by atoms with Crippen molar-refractivity contribution in [3.63, 3.8) is 0 Å². The average Bonchev–Trinajstić information content (AvgIpc) is 2.29. The van der Waals surface area contributed by atoms with Gasteiger partial charge in [0.1, 0.15) is 11.5 Å². The molecule has 6 heteroatoms. The van der Waals surface area contributed by atoms with Crippen molar-refractivity contribution < 1.29 is 19.2 Å². The number of carbonyl (C=O) groups is 1. The van der Waals surface area contributed by atoms with Crippen molar-refractivity contribution in [3.8, 4) is 11.5 Å². The normalized spacial score (nSPS) is 13.9. The second-order valence-corrected chi connectivity index (χ2v) is 5.70. The van der Waals surface area contributed by atoms with Crippen LogP contribution >= 0.6 is 0 Å². The van der Waals surface area contributed by atoms with Gasteiger partial charge in [0.15, 0.2) is 0 Å². The summed E-state index contributed by atoms with van der Waals surface area (Å²) < 4.78 is 10.9. The molecule has 1 aromatic carbocycles. The van der Waals surface area contributed by atoms with Crippen LogP contribution in [0.1, 0.15) is 23.7 Å². The number of hydrogen-bond acceptors (Lipinski definition) is 4. The Morgan fingerprint density at radius 1 is 1.44 bits per heavy atom. The predicted molar refractivity (Wildman–Crippen MR) is 70.3 cm³/mol. The van der Waals surface area contributed by atoms with Crippen LogP contribution in [0.4, 0.5) is 0 Å². The van der Waals surface area contributed by atoms with E-state index in [0.717, 1.165) is 0 Å². The number of phenolic OH excluding ortho intramolecular Hbond substituents is 2. The lowest BCUT2D eigenvalue weighted by molar-refractivity contribution is 0.0936. The molecule has 0 aliphatic rings. The number of nitrogens with one attached hydrogen (secondary N) is 1. The highest BCUT2D eigenvalue weighted by atomic mass is 32.2. The van der Waals surface area contributed by atoms with Gasteiger partial charge in [0.25, 0.3) is 5.91 Å². The standard InChI is InChI=1S/C12H17NO4S/c1-8(5-6-18(2)17)13-12(16)10-7-9(14)3-4-11(10)15/h3-4,7-8,14-15H,5-6H2,1-2H3,(H,13,16). The zero-order valence-corrected chi connectivity index (χ0v) is 11.2. The Kier molecular flexibility index (Phi) is 5.15. The van der Waals surface area contributed by atoms with Crippen LogP contribution in [-0.2, 0) is 10.8 Å². The minimum absolute atomic E-state index is 0.0273. The van der Waals surface area contributed by atoms with Gasteiger partial charge in [-0.05, 0) is 31.5 Å². The van der Waals surface area contributed by atoms with E-state index in [1.165, 1.54) is 18.2 Å². The molecule has 0 bridgehead atoms. The first-order valence-corrected chi connectivity index (χ1v) is 7.25. The minimum Gasteiger partial charge on any atom is -0.508 e. The molecule has 0 fully saturated rings. The molecule has 100 valence electrons. The molecule has 0 aromatic heterocycles. The van der Waals surface area contributed by atoms with Crippen LogP contribution in [0.2, 0.25) is 0 Å². The molecule has 0 saturated carbocycles. The summed E-state index contributed by atoms with van der Waals surface area (Å²) in [5, 5.41) is 21.5. The second-order valence-electron chi connectivity index (χ2n) is 4.14. The Balaban J connectivity index is 2.64. The molecule has 1 amide bonds. The van der Waals surface area contributed by atoms with Gasteiger partial charge in [0.2, 0.25) is 0 Å². The lowest BCUT2D eigenvalue weighted by Gasteiger charge is -2.13. The van der Waals surface area contributed by atoms with E-state index in [4.69, 9.17) is 0 Å². The Morgan fingerprint density at radius 3 is 2.72 bits per heavy atom. The van der Waals surface area contributed by atoms with Gasteiger partial charge in [0, 0.05) is 28.9 Å². The number of phenols is 2. The minimum atomic E-state index is -0.894. The van der Waals surface area contributed by atoms with Crippen LogP contribution in [0, 0.1) is 0 Å². The van der Waals surface area contributed by atoms with Crippen molar-refractivity contribution in [1.29, 1.82) is 0 Å². The number of rotatable bonds is 5. The van der Waals surface area contributed by atoms with Gasteiger partial charge < -0.3 is 15.5 Å². The molecule has 0 spiro atoms. The van der Waals surface area contributed by atoms with Crippen molar-refractivity contribution >= 4 is 16.7 Å². The van der Waals surface area contributed by atoms with E-state index >= 15 is 0 Å². The first-order chi connectivity index (χ1) is 8.40. The van der Waals surface area contributed by atoms with Crippen LogP contribution in [0.5, 0.6) is 11.5 Å². The SMILES string of the molecule is CC(CCS(C)=O)NC(=O)c1cc(O)ccc1O. The number of amides is 1. The highest BCUT2D eigenvalue weighted by Gasteiger charge is 2.14. The molecule has 0 aliphatic heterocycles. The largest absolute Gasteiger partial charge is 0.508 e. The van der Waals surface area contributed by atoms with Crippen molar-refractivity contribution in [1.82, 2.24) is 5.32 Å². The zero-order valence-electron chi connectivity index (χ0n) is 10.3. The van der Waals surface area contributed by atoms with E-state index in [1.54, 1.807) is 13.2 Å². The van der Waals surface area contributed by atoms with Crippen LogP contribution in [0.25, 0.3) is 0 Å². The highest BCUT2D eigenvalue weighted by Crippen LogP contribution is 2.21. The van der Waals surface area contributed by atoms with Gasteiger partial charge in [-0.25, -0.2) is 0 Å². The van der Waals surface area contributed by atoms with Crippen molar-refractivity contribution in [3.05, 3.63) is 23.8 Å². The summed E-state index contributed by atoms with van der Waals surface area (Å²) in [6, 6.07) is 3.62. The number of hydrogen-bond donors (Lipinski definition) is 3. The van der Waals surface area contributed by atoms with Gasteiger partial charge >= 0.3 is 0 Å². The first-order valence-electron chi connectivity index (χ1n) is 5.53. The first kappa shape index (κ1) is 14.5. The quantitative estimate of drug-likeness (QED) is 0.697. The molecule has 18 heavy (non-hydrogen) atoms. The van der Waals surface area contributed by atoms with Gasteiger partial charge in [-0.1, -0.05) is 0 Å². The van der Waals surface area contributed by atoms with Crippen molar-refractivity contribution in [2.45, 2.75) is 19.4 Å². The molecule has 0 radical (unpaired) electrons. The van der Waals surface area contributed by atoms with Gasteiger partial charge in [-0.3, -0.25) is 9.00 Å². The van der Waals surface area contributed by atoms with Gasteiger partial charge in [-0.15, -0.1) is 0 Å². The highest BCUT2D eigenvalue weighted by molar-refractivity contribution is 7.84. The molecular formula is C12H17NO4S. The number of carbonyl (C=O) groups excluding carboxylic acids is 1. The molecule has 5 nitrogen and oxygen atoms in total. The molecular weight excluding hydrogens is 254 g/mol.